The van der Waals surface area contributed by atoms with Crippen LogP contribution in [0.4, 0.5) is 0 Å². The zero-order valence-corrected chi connectivity index (χ0v) is 16.1. The average molecular weight is 397 g/mol. The maximum absolute atomic E-state index is 12.7. The van der Waals surface area contributed by atoms with E-state index in [-0.39, 0.29) is 6.61 Å². The van der Waals surface area contributed by atoms with Gasteiger partial charge in [-0.3, -0.25) is 0 Å². The molecule has 0 aliphatic heterocycles. The highest BCUT2D eigenvalue weighted by Crippen LogP contribution is 2.24. The fourth-order valence-corrected chi connectivity index (χ4v) is 3.31. The van der Waals surface area contributed by atoms with Crippen molar-refractivity contribution in [1.29, 1.82) is 0 Å². The van der Waals surface area contributed by atoms with Gasteiger partial charge < -0.3 is 4.74 Å². The van der Waals surface area contributed by atoms with Gasteiger partial charge in [0.25, 0.3) is 5.78 Å². The molecular formula is C19H17ClN6O2. The van der Waals surface area contributed by atoms with Gasteiger partial charge in [0.2, 0.25) is 0 Å². The van der Waals surface area contributed by atoms with Gasteiger partial charge in [-0.15, -0.1) is 0 Å². The van der Waals surface area contributed by atoms with Crippen LogP contribution in [0.3, 0.4) is 0 Å². The Morgan fingerprint density at radius 3 is 2.75 bits per heavy atom. The first kappa shape index (κ1) is 18.1. The third-order valence-corrected chi connectivity index (χ3v) is 4.82. The Balaban J connectivity index is 1.59. The van der Waals surface area contributed by atoms with Gasteiger partial charge in [0.15, 0.2) is 0 Å². The van der Waals surface area contributed by atoms with E-state index in [1.165, 1.54) is 12.5 Å². The van der Waals surface area contributed by atoms with Crippen LogP contribution in [0.25, 0.3) is 11.5 Å². The molecule has 0 aliphatic carbocycles. The molecule has 4 aromatic rings. The number of esters is 1. The Labute approximate surface area is 165 Å². The second-order valence-corrected chi connectivity index (χ2v) is 6.48. The van der Waals surface area contributed by atoms with Crippen LogP contribution < -0.4 is 0 Å². The Morgan fingerprint density at radius 1 is 1.21 bits per heavy atom. The maximum Gasteiger partial charge on any atom is 0.341 e. The Hall–Kier alpha value is -3.26. The van der Waals surface area contributed by atoms with E-state index in [1.54, 1.807) is 9.20 Å². The predicted octanol–water partition coefficient (Wildman–Crippen LogP) is 3.19. The van der Waals surface area contributed by atoms with E-state index in [0.717, 1.165) is 5.69 Å². The van der Waals surface area contributed by atoms with Crippen LogP contribution in [0, 0.1) is 6.92 Å². The van der Waals surface area contributed by atoms with E-state index in [4.69, 9.17) is 16.3 Å². The zero-order valence-electron chi connectivity index (χ0n) is 15.3. The molecule has 142 valence electrons. The molecule has 3 aromatic heterocycles. The quantitative estimate of drug-likeness (QED) is 0.481. The third kappa shape index (κ3) is 3.11. The van der Waals surface area contributed by atoms with E-state index >= 15 is 0 Å². The molecule has 3 heterocycles. The Kier molecular flexibility index (Phi) is 4.79. The van der Waals surface area contributed by atoms with Crippen LogP contribution in [0.1, 0.15) is 34.2 Å². The molecule has 0 amide bonds. The van der Waals surface area contributed by atoms with Crippen LogP contribution in [-0.2, 0) is 17.8 Å². The first-order chi connectivity index (χ1) is 13.6. The molecule has 8 nitrogen and oxygen atoms in total. The van der Waals surface area contributed by atoms with Gasteiger partial charge >= 0.3 is 5.97 Å². The number of aryl methyl sites for hydroxylation is 2. The van der Waals surface area contributed by atoms with Crippen LogP contribution in [-0.4, -0.2) is 35.3 Å². The monoisotopic (exact) mass is 396 g/mol. The summed E-state index contributed by atoms with van der Waals surface area (Å²) < 4.78 is 8.68. The van der Waals surface area contributed by atoms with Gasteiger partial charge in [0.05, 0.1) is 22.6 Å². The van der Waals surface area contributed by atoms with Crippen LogP contribution in [0.5, 0.6) is 0 Å². The molecule has 4 rings (SSSR count). The second-order valence-electron chi connectivity index (χ2n) is 6.12. The molecule has 0 aliphatic rings. The topological polar surface area (TPSA) is 87.2 Å². The second kappa shape index (κ2) is 7.40. The molecular weight excluding hydrogens is 380 g/mol. The molecule has 28 heavy (non-hydrogen) atoms. The third-order valence-electron chi connectivity index (χ3n) is 4.43. The fourth-order valence-electron chi connectivity index (χ4n) is 2.99. The summed E-state index contributed by atoms with van der Waals surface area (Å²) in [5.41, 5.74) is 3.23. The standard InChI is InChI=1S/C19H17ClN6O2/c1-3-16-14(9-21-19-22-11-23-26(16)19)18(27)28-10-15-12(2)24-25(17(15)20)13-7-5-4-6-8-13/h4-9,11H,3,10H2,1-2H3. The minimum absolute atomic E-state index is 0.00881. The molecule has 0 atom stereocenters. The number of ether oxygens (including phenoxy) is 1. The van der Waals surface area contributed by atoms with Crippen molar-refractivity contribution in [1.82, 2.24) is 29.4 Å². The van der Waals surface area contributed by atoms with Gasteiger partial charge in [-0.25, -0.2) is 19.0 Å². The van der Waals surface area contributed by atoms with Gasteiger partial charge in [-0.2, -0.15) is 15.2 Å². The number of aromatic nitrogens is 6. The minimum atomic E-state index is -0.496. The van der Waals surface area contributed by atoms with E-state index in [0.29, 0.717) is 39.9 Å². The highest BCUT2D eigenvalue weighted by molar-refractivity contribution is 6.30. The summed E-state index contributed by atoms with van der Waals surface area (Å²) in [5.74, 6) is -0.0545. The van der Waals surface area contributed by atoms with Gasteiger partial charge in [0.1, 0.15) is 18.1 Å². The van der Waals surface area contributed by atoms with Crippen molar-refractivity contribution in [2.45, 2.75) is 26.9 Å². The number of fused-ring (bicyclic) bond motifs is 1. The lowest BCUT2D eigenvalue weighted by Crippen LogP contribution is -2.13. The van der Waals surface area contributed by atoms with Crippen LogP contribution in [0.15, 0.2) is 42.9 Å². The lowest BCUT2D eigenvalue weighted by Gasteiger charge is -2.09. The summed E-state index contributed by atoms with van der Waals surface area (Å²) in [7, 11) is 0. The first-order valence-corrected chi connectivity index (χ1v) is 9.12. The number of nitrogens with zero attached hydrogens (tertiary/aromatic N) is 6. The van der Waals surface area contributed by atoms with E-state index in [1.807, 2.05) is 44.2 Å². The Morgan fingerprint density at radius 2 is 2.00 bits per heavy atom. The Bertz CT molecular complexity index is 1150. The van der Waals surface area contributed by atoms with Crippen molar-refractivity contribution in [2.24, 2.45) is 0 Å². The number of halogens is 1. The molecule has 1 aromatic carbocycles. The van der Waals surface area contributed by atoms with Crippen molar-refractivity contribution in [2.75, 3.05) is 0 Å². The summed E-state index contributed by atoms with van der Waals surface area (Å²) in [4.78, 5) is 20.9. The van der Waals surface area contributed by atoms with Crippen LogP contribution in [0.2, 0.25) is 5.15 Å². The van der Waals surface area contributed by atoms with Crippen molar-refractivity contribution >= 4 is 23.3 Å². The number of carbonyl (C=O) groups excluding carboxylic acids is 1. The van der Waals surface area contributed by atoms with E-state index in [2.05, 4.69) is 20.2 Å². The van der Waals surface area contributed by atoms with Gasteiger partial charge in [0, 0.05) is 11.8 Å². The number of hydrogen-bond donors (Lipinski definition) is 0. The molecule has 0 N–H and O–H groups in total. The zero-order chi connectivity index (χ0) is 19.7. The summed E-state index contributed by atoms with van der Waals surface area (Å²) >= 11 is 6.49. The molecule has 0 unspecified atom stereocenters. The smallest absolute Gasteiger partial charge is 0.341 e. The summed E-state index contributed by atoms with van der Waals surface area (Å²) in [5, 5.41) is 8.99. The fraction of sp³-hybridized carbons (Fsp3) is 0.211. The number of hydrogen-bond acceptors (Lipinski definition) is 6. The average Bonchev–Trinajstić information content (AvgIpc) is 3.30. The maximum atomic E-state index is 12.7. The molecule has 0 radical (unpaired) electrons. The summed E-state index contributed by atoms with van der Waals surface area (Å²) in [6.07, 6.45) is 3.45. The van der Waals surface area contributed by atoms with Gasteiger partial charge in [-0.05, 0) is 25.5 Å². The highest BCUT2D eigenvalue weighted by atomic mass is 35.5. The molecule has 0 saturated heterocycles. The molecule has 9 heteroatoms. The molecule has 0 fully saturated rings. The number of rotatable bonds is 5. The lowest BCUT2D eigenvalue weighted by atomic mass is 10.2. The molecule has 0 bridgehead atoms. The first-order valence-electron chi connectivity index (χ1n) is 8.74. The lowest BCUT2D eigenvalue weighted by molar-refractivity contribution is 0.0469. The van der Waals surface area contributed by atoms with Crippen LogP contribution >= 0.6 is 11.6 Å². The number of para-hydroxylation sites is 1. The van der Waals surface area contributed by atoms with Gasteiger partial charge in [-0.1, -0.05) is 36.7 Å². The largest absolute Gasteiger partial charge is 0.457 e. The minimum Gasteiger partial charge on any atom is -0.457 e. The number of benzene rings is 1. The highest BCUT2D eigenvalue weighted by Gasteiger charge is 2.20. The van der Waals surface area contributed by atoms with Crippen molar-refractivity contribution < 1.29 is 9.53 Å². The van der Waals surface area contributed by atoms with Crippen molar-refractivity contribution in [3.8, 4) is 5.69 Å². The summed E-state index contributed by atoms with van der Waals surface area (Å²) in [6.45, 7) is 3.77. The number of carbonyl (C=O) groups is 1. The van der Waals surface area contributed by atoms with E-state index < -0.39 is 5.97 Å². The SMILES string of the molecule is CCc1c(C(=O)OCc2c(C)nn(-c3ccccc3)c2Cl)cnc2ncnn12. The summed E-state index contributed by atoms with van der Waals surface area (Å²) in [6, 6.07) is 9.53. The van der Waals surface area contributed by atoms with Crippen molar-refractivity contribution in [3.05, 3.63) is 70.5 Å². The predicted molar refractivity (Wildman–Crippen MR) is 103 cm³/mol. The van der Waals surface area contributed by atoms with Crippen molar-refractivity contribution in [3.63, 3.8) is 0 Å². The molecule has 0 spiro atoms. The van der Waals surface area contributed by atoms with E-state index in [9.17, 15) is 4.79 Å². The normalized spacial score (nSPS) is 11.1. The molecule has 0 saturated carbocycles.